The van der Waals surface area contributed by atoms with E-state index in [2.05, 4.69) is 11.9 Å². The molecule has 3 rings (SSSR count). The van der Waals surface area contributed by atoms with Gasteiger partial charge in [-0.25, -0.2) is 9.18 Å². The van der Waals surface area contributed by atoms with Gasteiger partial charge in [-0.3, -0.25) is 0 Å². The van der Waals surface area contributed by atoms with E-state index in [1.54, 1.807) is 6.92 Å². The summed E-state index contributed by atoms with van der Waals surface area (Å²) < 4.78 is 20.4. The molecule has 0 aliphatic carbocycles. The number of aryl methyl sites for hydroxylation is 2. The zero-order valence-electron chi connectivity index (χ0n) is 15.8. The van der Waals surface area contributed by atoms with Crippen LogP contribution in [0.15, 0.2) is 6.07 Å². The number of ether oxygens (including phenoxy) is 1. The number of carbonyl (C=O) groups excluding carboxylic acids is 1. The molecule has 3 N–H and O–H groups in total. The molecule has 0 spiro atoms. The summed E-state index contributed by atoms with van der Waals surface area (Å²) in [7, 11) is 0. The van der Waals surface area contributed by atoms with Crippen molar-refractivity contribution in [1.29, 1.82) is 0 Å². The van der Waals surface area contributed by atoms with Gasteiger partial charge >= 0.3 is 5.97 Å². The van der Waals surface area contributed by atoms with Crippen molar-refractivity contribution in [3.8, 4) is 0 Å². The van der Waals surface area contributed by atoms with E-state index >= 15 is 4.39 Å². The van der Waals surface area contributed by atoms with Crippen LogP contribution in [0.2, 0.25) is 0 Å². The Kier molecular flexibility index (Phi) is 5.51. The Hall–Kier alpha value is -2.08. The third kappa shape index (κ3) is 3.30. The van der Waals surface area contributed by atoms with E-state index in [1.807, 2.05) is 11.8 Å². The van der Waals surface area contributed by atoms with Crippen LogP contribution in [0.1, 0.15) is 54.7 Å². The van der Waals surface area contributed by atoms with Crippen molar-refractivity contribution in [2.45, 2.75) is 52.5 Å². The first-order chi connectivity index (χ1) is 12.5. The van der Waals surface area contributed by atoms with Crippen LogP contribution < -0.4 is 10.6 Å². The summed E-state index contributed by atoms with van der Waals surface area (Å²) >= 11 is 0. The summed E-state index contributed by atoms with van der Waals surface area (Å²) in [5, 5.41) is 0.807. The lowest BCUT2D eigenvalue weighted by atomic mass is 9.99. The Labute approximate surface area is 153 Å². The lowest BCUT2D eigenvalue weighted by Crippen LogP contribution is -2.43. The number of nitrogens with one attached hydrogen (secondary N) is 1. The number of esters is 1. The summed E-state index contributed by atoms with van der Waals surface area (Å²) in [4.78, 5) is 17.7. The molecule has 2 heterocycles. The molecule has 1 saturated heterocycles. The monoisotopic (exact) mass is 361 g/mol. The number of aromatic nitrogens is 1. The van der Waals surface area contributed by atoms with Gasteiger partial charge in [-0.15, -0.1) is 0 Å². The van der Waals surface area contributed by atoms with E-state index < -0.39 is 5.97 Å². The van der Waals surface area contributed by atoms with Crippen molar-refractivity contribution < 1.29 is 13.9 Å². The van der Waals surface area contributed by atoms with Gasteiger partial charge in [-0.1, -0.05) is 13.3 Å². The molecule has 1 aliphatic rings. The van der Waals surface area contributed by atoms with E-state index in [9.17, 15) is 4.79 Å². The molecule has 0 radical (unpaired) electrons. The van der Waals surface area contributed by atoms with Gasteiger partial charge in [0.05, 0.1) is 23.4 Å². The zero-order chi connectivity index (χ0) is 18.8. The number of rotatable bonds is 5. The van der Waals surface area contributed by atoms with E-state index in [0.29, 0.717) is 17.7 Å². The minimum absolute atomic E-state index is 0.0394. The SMILES string of the molecule is CCCc1c(C)[nH]c2c(C(=O)OCC)cc(F)c(N3CCCC(N)C3)c12. The van der Waals surface area contributed by atoms with E-state index in [1.165, 1.54) is 6.07 Å². The number of nitrogens with two attached hydrogens (primary N) is 1. The van der Waals surface area contributed by atoms with Crippen molar-refractivity contribution in [1.82, 2.24) is 4.98 Å². The number of hydrogen-bond donors (Lipinski definition) is 2. The predicted octanol–water partition coefficient (Wildman–Crippen LogP) is 3.67. The summed E-state index contributed by atoms with van der Waals surface area (Å²) in [6.07, 6.45) is 3.66. The number of anilines is 1. The zero-order valence-corrected chi connectivity index (χ0v) is 15.8. The lowest BCUT2D eigenvalue weighted by molar-refractivity contribution is 0.0528. The highest BCUT2D eigenvalue weighted by molar-refractivity contribution is 6.09. The average Bonchev–Trinajstić information content (AvgIpc) is 2.91. The molecule has 2 aromatic rings. The topological polar surface area (TPSA) is 71.4 Å². The van der Waals surface area contributed by atoms with Gasteiger partial charge in [0, 0.05) is 30.2 Å². The summed E-state index contributed by atoms with van der Waals surface area (Å²) in [6.45, 7) is 7.47. The third-order valence-corrected chi connectivity index (χ3v) is 5.09. The van der Waals surface area contributed by atoms with Crippen molar-refractivity contribution in [3.05, 3.63) is 28.7 Å². The molecule has 0 bridgehead atoms. The van der Waals surface area contributed by atoms with Crippen LogP contribution in [0.3, 0.4) is 0 Å². The second-order valence-electron chi connectivity index (χ2n) is 7.05. The largest absolute Gasteiger partial charge is 0.462 e. The Morgan fingerprint density at radius 1 is 1.46 bits per heavy atom. The molecule has 1 aliphatic heterocycles. The first-order valence-electron chi connectivity index (χ1n) is 9.49. The summed E-state index contributed by atoms with van der Waals surface area (Å²) in [5.74, 6) is -0.881. The minimum Gasteiger partial charge on any atom is -0.462 e. The van der Waals surface area contributed by atoms with Crippen molar-refractivity contribution in [3.63, 3.8) is 0 Å². The number of H-pyrrole nitrogens is 1. The predicted molar refractivity (Wildman–Crippen MR) is 102 cm³/mol. The number of hydrogen-bond acceptors (Lipinski definition) is 4. The molecular formula is C20H28FN3O2. The highest BCUT2D eigenvalue weighted by Gasteiger charge is 2.28. The van der Waals surface area contributed by atoms with Crippen molar-refractivity contribution in [2.24, 2.45) is 5.73 Å². The molecule has 0 saturated carbocycles. The number of benzene rings is 1. The number of carbonyl (C=O) groups is 1. The van der Waals surface area contributed by atoms with Crippen molar-refractivity contribution in [2.75, 3.05) is 24.6 Å². The molecular weight excluding hydrogens is 333 g/mol. The number of aromatic amines is 1. The number of piperidine rings is 1. The molecule has 1 fully saturated rings. The Morgan fingerprint density at radius 2 is 2.23 bits per heavy atom. The maximum atomic E-state index is 15.2. The maximum absolute atomic E-state index is 15.2. The number of fused-ring (bicyclic) bond motifs is 1. The van der Waals surface area contributed by atoms with Crippen LogP contribution >= 0.6 is 0 Å². The molecule has 142 valence electrons. The molecule has 26 heavy (non-hydrogen) atoms. The van der Waals surface area contributed by atoms with Crippen LogP contribution in [-0.4, -0.2) is 36.7 Å². The van der Waals surface area contributed by atoms with Crippen LogP contribution in [0.4, 0.5) is 10.1 Å². The normalized spacial score (nSPS) is 17.7. The van der Waals surface area contributed by atoms with Gasteiger partial charge in [0.25, 0.3) is 0 Å². The Bertz CT molecular complexity index is 815. The fourth-order valence-electron chi connectivity index (χ4n) is 3.97. The Balaban J connectivity index is 2.25. The van der Waals surface area contributed by atoms with E-state index in [-0.39, 0.29) is 24.0 Å². The van der Waals surface area contributed by atoms with Gasteiger partial charge < -0.3 is 20.4 Å². The number of halogens is 1. The van der Waals surface area contributed by atoms with E-state index in [4.69, 9.17) is 10.5 Å². The first kappa shape index (κ1) is 18.7. The smallest absolute Gasteiger partial charge is 0.340 e. The fraction of sp³-hybridized carbons (Fsp3) is 0.550. The van der Waals surface area contributed by atoms with Gasteiger partial charge in [-0.2, -0.15) is 0 Å². The first-order valence-corrected chi connectivity index (χ1v) is 9.49. The molecule has 6 heteroatoms. The Morgan fingerprint density at radius 3 is 2.88 bits per heavy atom. The molecule has 0 amide bonds. The van der Waals surface area contributed by atoms with Gasteiger partial charge in [0.1, 0.15) is 5.82 Å². The van der Waals surface area contributed by atoms with Crippen LogP contribution in [0.25, 0.3) is 10.9 Å². The van der Waals surface area contributed by atoms with Gasteiger partial charge in [-0.05, 0) is 44.7 Å². The van der Waals surface area contributed by atoms with E-state index in [0.717, 1.165) is 48.9 Å². The quantitative estimate of drug-likeness (QED) is 0.797. The highest BCUT2D eigenvalue weighted by atomic mass is 19.1. The van der Waals surface area contributed by atoms with Crippen molar-refractivity contribution >= 4 is 22.6 Å². The molecule has 1 unspecified atom stereocenters. The molecule has 1 atom stereocenters. The van der Waals surface area contributed by atoms with Crippen LogP contribution in [0.5, 0.6) is 0 Å². The van der Waals surface area contributed by atoms with Crippen LogP contribution in [-0.2, 0) is 11.2 Å². The summed E-state index contributed by atoms with van der Waals surface area (Å²) in [5.41, 5.74) is 9.67. The number of nitrogens with zero attached hydrogens (tertiary/aromatic N) is 1. The molecule has 1 aromatic carbocycles. The fourth-order valence-corrected chi connectivity index (χ4v) is 3.97. The maximum Gasteiger partial charge on any atom is 0.340 e. The summed E-state index contributed by atoms with van der Waals surface area (Å²) in [6, 6.07) is 1.35. The van der Waals surface area contributed by atoms with Gasteiger partial charge in [0.2, 0.25) is 0 Å². The minimum atomic E-state index is -0.498. The molecule has 5 nitrogen and oxygen atoms in total. The second-order valence-corrected chi connectivity index (χ2v) is 7.05. The third-order valence-electron chi connectivity index (χ3n) is 5.09. The second kappa shape index (κ2) is 7.66. The average molecular weight is 361 g/mol. The molecule has 1 aromatic heterocycles. The van der Waals surface area contributed by atoms with Crippen LogP contribution in [0, 0.1) is 12.7 Å². The standard InChI is InChI=1S/C20H28FN3O2/c1-4-7-14-12(3)23-18-15(20(25)26-5-2)10-16(21)19(17(14)18)24-9-6-8-13(22)11-24/h10,13,23H,4-9,11,22H2,1-3H3. The lowest BCUT2D eigenvalue weighted by Gasteiger charge is -2.33. The highest BCUT2D eigenvalue weighted by Crippen LogP contribution is 2.38. The van der Waals surface area contributed by atoms with Gasteiger partial charge in [0.15, 0.2) is 0 Å².